The third kappa shape index (κ3) is 2.29. The van der Waals surface area contributed by atoms with Gasteiger partial charge in [-0.05, 0) is 13.8 Å². The van der Waals surface area contributed by atoms with Crippen LogP contribution in [0.1, 0.15) is 19.7 Å². The van der Waals surface area contributed by atoms with Crippen LogP contribution in [0.5, 0.6) is 0 Å². The Morgan fingerprint density at radius 3 is 2.64 bits per heavy atom. The van der Waals surface area contributed by atoms with Gasteiger partial charge in [-0.2, -0.15) is 0 Å². The van der Waals surface area contributed by atoms with Crippen LogP contribution in [0.3, 0.4) is 0 Å². The van der Waals surface area contributed by atoms with E-state index in [0.717, 1.165) is 0 Å². The first kappa shape index (κ1) is 10.6. The summed E-state index contributed by atoms with van der Waals surface area (Å²) < 4.78 is 5.00. The maximum absolute atomic E-state index is 11.6. The highest BCUT2D eigenvalue weighted by Crippen LogP contribution is 2.15. The maximum Gasteiger partial charge on any atom is 0.322 e. The van der Waals surface area contributed by atoms with Crippen molar-refractivity contribution >= 4 is 11.9 Å². The van der Waals surface area contributed by atoms with Crippen molar-refractivity contribution in [2.75, 3.05) is 11.9 Å². The van der Waals surface area contributed by atoms with Gasteiger partial charge in [0.25, 0.3) is 0 Å². The largest absolute Gasteiger partial charge is 0.408 e. The predicted molar refractivity (Wildman–Crippen MR) is 50.5 cm³/mol. The fourth-order valence-electron chi connectivity index (χ4n) is 0.706. The summed E-state index contributed by atoms with van der Waals surface area (Å²) in [5.41, 5.74) is 4.80. The molecule has 1 heterocycles. The molecule has 0 unspecified atom stereocenters. The number of aryl methyl sites for hydroxylation is 1. The quantitative estimate of drug-likeness (QED) is 0.728. The standard InChI is InChI=1S/C8H14N4O2/c1-5-11-12-7(14-5)10-6(13)8(2,3)4-9/h4,9H2,1-3H3,(H,10,12,13). The van der Waals surface area contributed by atoms with Gasteiger partial charge in [-0.3, -0.25) is 10.1 Å². The average molecular weight is 198 g/mol. The molecule has 0 bridgehead atoms. The number of rotatable bonds is 3. The Bertz CT molecular complexity index is 332. The summed E-state index contributed by atoms with van der Waals surface area (Å²) in [6.45, 7) is 5.39. The zero-order valence-corrected chi connectivity index (χ0v) is 8.50. The van der Waals surface area contributed by atoms with Gasteiger partial charge in [-0.25, -0.2) is 0 Å². The monoisotopic (exact) mass is 198 g/mol. The van der Waals surface area contributed by atoms with Gasteiger partial charge < -0.3 is 10.2 Å². The van der Waals surface area contributed by atoms with E-state index >= 15 is 0 Å². The van der Waals surface area contributed by atoms with Crippen molar-refractivity contribution in [1.82, 2.24) is 10.2 Å². The van der Waals surface area contributed by atoms with Crippen molar-refractivity contribution in [1.29, 1.82) is 0 Å². The van der Waals surface area contributed by atoms with E-state index in [0.29, 0.717) is 5.89 Å². The molecule has 1 aromatic heterocycles. The van der Waals surface area contributed by atoms with Gasteiger partial charge in [0.15, 0.2) is 0 Å². The summed E-state index contributed by atoms with van der Waals surface area (Å²) in [6, 6.07) is 0.106. The Balaban J connectivity index is 2.66. The minimum atomic E-state index is -0.637. The summed E-state index contributed by atoms with van der Waals surface area (Å²) in [5.74, 6) is 0.175. The number of nitrogens with zero attached hydrogens (tertiary/aromatic N) is 2. The van der Waals surface area contributed by atoms with Crippen LogP contribution in [0.4, 0.5) is 6.01 Å². The van der Waals surface area contributed by atoms with E-state index in [-0.39, 0.29) is 18.5 Å². The minimum Gasteiger partial charge on any atom is -0.408 e. The summed E-state index contributed by atoms with van der Waals surface area (Å²) in [5, 5.41) is 9.72. The first-order chi connectivity index (χ1) is 6.45. The second-order valence-electron chi connectivity index (χ2n) is 3.67. The topological polar surface area (TPSA) is 94.0 Å². The fraction of sp³-hybridized carbons (Fsp3) is 0.625. The van der Waals surface area contributed by atoms with Crippen molar-refractivity contribution in [3.63, 3.8) is 0 Å². The number of hydrogen-bond donors (Lipinski definition) is 2. The van der Waals surface area contributed by atoms with Gasteiger partial charge in [-0.15, -0.1) is 5.10 Å². The first-order valence-corrected chi connectivity index (χ1v) is 4.27. The summed E-state index contributed by atoms with van der Waals surface area (Å²) in [6.07, 6.45) is 0. The summed E-state index contributed by atoms with van der Waals surface area (Å²) in [7, 11) is 0. The van der Waals surface area contributed by atoms with Gasteiger partial charge in [0.05, 0.1) is 5.41 Å². The normalized spacial score (nSPS) is 11.4. The number of carbonyl (C=O) groups excluding carboxylic acids is 1. The van der Waals surface area contributed by atoms with E-state index in [1.807, 2.05) is 0 Å². The maximum atomic E-state index is 11.6. The molecule has 6 heteroatoms. The zero-order valence-electron chi connectivity index (χ0n) is 8.50. The van der Waals surface area contributed by atoms with Gasteiger partial charge in [-0.1, -0.05) is 5.10 Å². The van der Waals surface area contributed by atoms with E-state index in [1.54, 1.807) is 20.8 Å². The van der Waals surface area contributed by atoms with Crippen LogP contribution in [0.2, 0.25) is 0 Å². The van der Waals surface area contributed by atoms with E-state index in [4.69, 9.17) is 10.2 Å². The second kappa shape index (κ2) is 3.75. The molecule has 0 aromatic carbocycles. The molecule has 0 aliphatic heterocycles. The smallest absolute Gasteiger partial charge is 0.322 e. The molecule has 6 nitrogen and oxygen atoms in total. The van der Waals surface area contributed by atoms with Gasteiger partial charge in [0, 0.05) is 13.5 Å². The Hall–Kier alpha value is -1.43. The highest BCUT2D eigenvalue weighted by Gasteiger charge is 2.26. The molecule has 0 atom stereocenters. The van der Waals surface area contributed by atoms with Crippen LogP contribution >= 0.6 is 0 Å². The van der Waals surface area contributed by atoms with E-state index in [9.17, 15) is 4.79 Å². The number of hydrogen-bond acceptors (Lipinski definition) is 5. The highest BCUT2D eigenvalue weighted by molar-refractivity contribution is 5.93. The molecular weight excluding hydrogens is 184 g/mol. The van der Waals surface area contributed by atoms with Gasteiger partial charge >= 0.3 is 6.01 Å². The number of aromatic nitrogens is 2. The Labute approximate surface area is 81.9 Å². The van der Waals surface area contributed by atoms with Crippen molar-refractivity contribution in [3.05, 3.63) is 5.89 Å². The first-order valence-electron chi connectivity index (χ1n) is 4.27. The molecule has 3 N–H and O–H groups in total. The molecular formula is C8H14N4O2. The number of anilines is 1. The lowest BCUT2D eigenvalue weighted by Crippen LogP contribution is -2.37. The lowest BCUT2D eigenvalue weighted by Gasteiger charge is -2.19. The molecule has 1 rings (SSSR count). The molecule has 1 aromatic rings. The third-order valence-electron chi connectivity index (χ3n) is 1.87. The third-order valence-corrected chi connectivity index (χ3v) is 1.87. The Morgan fingerprint density at radius 1 is 1.57 bits per heavy atom. The number of amides is 1. The lowest BCUT2D eigenvalue weighted by molar-refractivity contribution is -0.123. The minimum absolute atomic E-state index is 0.106. The Kier molecular flexibility index (Phi) is 2.85. The van der Waals surface area contributed by atoms with E-state index in [1.165, 1.54) is 0 Å². The second-order valence-corrected chi connectivity index (χ2v) is 3.67. The summed E-state index contributed by atoms with van der Waals surface area (Å²) in [4.78, 5) is 11.6. The van der Waals surface area contributed by atoms with Gasteiger partial charge in [0.2, 0.25) is 11.8 Å². The molecule has 0 saturated carbocycles. The molecule has 0 aliphatic carbocycles. The lowest BCUT2D eigenvalue weighted by atomic mass is 9.93. The van der Waals surface area contributed by atoms with Crippen molar-refractivity contribution in [2.45, 2.75) is 20.8 Å². The van der Waals surface area contributed by atoms with E-state index < -0.39 is 5.41 Å². The highest BCUT2D eigenvalue weighted by atomic mass is 16.4. The molecule has 0 fully saturated rings. The Morgan fingerprint density at radius 2 is 2.21 bits per heavy atom. The van der Waals surface area contributed by atoms with Crippen LogP contribution in [-0.4, -0.2) is 22.6 Å². The average Bonchev–Trinajstić information content (AvgIpc) is 2.51. The molecule has 14 heavy (non-hydrogen) atoms. The van der Waals surface area contributed by atoms with Crippen LogP contribution in [0, 0.1) is 12.3 Å². The molecule has 0 aliphatic rings. The van der Waals surface area contributed by atoms with Crippen molar-refractivity contribution < 1.29 is 9.21 Å². The molecule has 0 saturated heterocycles. The van der Waals surface area contributed by atoms with Crippen LogP contribution in [0.15, 0.2) is 4.42 Å². The molecule has 1 amide bonds. The summed E-state index contributed by atoms with van der Waals surface area (Å²) >= 11 is 0. The van der Waals surface area contributed by atoms with Crippen molar-refractivity contribution in [2.24, 2.45) is 11.1 Å². The van der Waals surface area contributed by atoms with Crippen LogP contribution < -0.4 is 11.1 Å². The van der Waals surface area contributed by atoms with Crippen LogP contribution in [0.25, 0.3) is 0 Å². The van der Waals surface area contributed by atoms with E-state index in [2.05, 4.69) is 15.5 Å². The number of nitrogens with one attached hydrogen (secondary N) is 1. The molecule has 0 spiro atoms. The molecule has 0 radical (unpaired) electrons. The molecule has 78 valence electrons. The fourth-order valence-corrected chi connectivity index (χ4v) is 0.706. The van der Waals surface area contributed by atoms with Crippen LogP contribution in [-0.2, 0) is 4.79 Å². The number of nitrogens with two attached hydrogens (primary N) is 1. The van der Waals surface area contributed by atoms with Crippen molar-refractivity contribution in [3.8, 4) is 0 Å². The zero-order chi connectivity index (χ0) is 10.8. The SMILES string of the molecule is Cc1nnc(NC(=O)C(C)(C)CN)o1. The van der Waals surface area contributed by atoms with Gasteiger partial charge in [0.1, 0.15) is 0 Å². The number of carbonyl (C=O) groups is 1. The predicted octanol–water partition coefficient (Wildman–Crippen LogP) is 0.301.